The molecule has 1 saturated carbocycles. The fourth-order valence-corrected chi connectivity index (χ4v) is 1.78. The predicted octanol–water partition coefficient (Wildman–Crippen LogP) is 3.22. The molecule has 0 radical (unpaired) electrons. The molecule has 1 aliphatic carbocycles. The second kappa shape index (κ2) is 5.07. The van der Waals surface area contributed by atoms with Gasteiger partial charge in [-0.3, -0.25) is 0 Å². The van der Waals surface area contributed by atoms with Crippen molar-refractivity contribution >= 4 is 11.6 Å². The SMILES string of the molecule is CC(CO)c1ccc(OCC2CC2)c(Cl)c1. The van der Waals surface area contributed by atoms with Gasteiger partial charge in [0.05, 0.1) is 11.6 Å². The molecule has 0 aromatic heterocycles. The maximum absolute atomic E-state index is 9.06. The van der Waals surface area contributed by atoms with Gasteiger partial charge in [0.15, 0.2) is 0 Å². The molecule has 3 heteroatoms. The maximum Gasteiger partial charge on any atom is 0.137 e. The molecule has 16 heavy (non-hydrogen) atoms. The molecular formula is C13H17ClO2. The highest BCUT2D eigenvalue weighted by atomic mass is 35.5. The summed E-state index contributed by atoms with van der Waals surface area (Å²) in [6.45, 7) is 2.88. The highest BCUT2D eigenvalue weighted by Crippen LogP contribution is 2.32. The molecule has 1 unspecified atom stereocenters. The monoisotopic (exact) mass is 240 g/mol. The molecule has 0 bridgehead atoms. The zero-order valence-electron chi connectivity index (χ0n) is 9.45. The fourth-order valence-electron chi connectivity index (χ4n) is 1.54. The van der Waals surface area contributed by atoms with Crippen LogP contribution in [0.2, 0.25) is 5.02 Å². The Morgan fingerprint density at radius 3 is 2.81 bits per heavy atom. The highest BCUT2D eigenvalue weighted by Gasteiger charge is 2.22. The number of hydrogen-bond donors (Lipinski definition) is 1. The highest BCUT2D eigenvalue weighted by molar-refractivity contribution is 6.32. The summed E-state index contributed by atoms with van der Waals surface area (Å²) in [5, 5.41) is 9.70. The average Bonchev–Trinajstić information content (AvgIpc) is 3.10. The molecule has 1 aromatic carbocycles. The van der Waals surface area contributed by atoms with Gasteiger partial charge in [0.2, 0.25) is 0 Å². The van der Waals surface area contributed by atoms with E-state index in [-0.39, 0.29) is 12.5 Å². The quantitative estimate of drug-likeness (QED) is 0.856. The van der Waals surface area contributed by atoms with Crippen LogP contribution in [0, 0.1) is 5.92 Å². The second-order valence-electron chi connectivity index (χ2n) is 4.53. The van der Waals surface area contributed by atoms with Crippen LogP contribution < -0.4 is 4.74 Å². The van der Waals surface area contributed by atoms with Crippen molar-refractivity contribution in [3.8, 4) is 5.75 Å². The molecule has 0 saturated heterocycles. The van der Waals surface area contributed by atoms with Crippen molar-refractivity contribution in [2.45, 2.75) is 25.7 Å². The van der Waals surface area contributed by atoms with Crippen molar-refractivity contribution in [3.05, 3.63) is 28.8 Å². The summed E-state index contributed by atoms with van der Waals surface area (Å²) < 4.78 is 5.63. The van der Waals surface area contributed by atoms with E-state index in [1.54, 1.807) is 0 Å². The van der Waals surface area contributed by atoms with E-state index in [0.29, 0.717) is 5.02 Å². The first kappa shape index (κ1) is 11.7. The Bertz CT molecular complexity index is 361. The third kappa shape index (κ3) is 2.89. The lowest BCUT2D eigenvalue weighted by Crippen LogP contribution is -2.02. The molecule has 1 atom stereocenters. The summed E-state index contributed by atoms with van der Waals surface area (Å²) in [7, 11) is 0. The van der Waals surface area contributed by atoms with Gasteiger partial charge >= 0.3 is 0 Å². The first-order valence-electron chi connectivity index (χ1n) is 5.74. The summed E-state index contributed by atoms with van der Waals surface area (Å²) in [6, 6.07) is 5.74. The Morgan fingerprint density at radius 1 is 1.50 bits per heavy atom. The van der Waals surface area contributed by atoms with Gasteiger partial charge in [-0.1, -0.05) is 24.6 Å². The number of halogens is 1. The van der Waals surface area contributed by atoms with E-state index < -0.39 is 0 Å². The molecule has 0 heterocycles. The number of aliphatic hydroxyl groups is 1. The predicted molar refractivity (Wildman–Crippen MR) is 65.2 cm³/mol. The first-order chi connectivity index (χ1) is 7.70. The van der Waals surface area contributed by atoms with E-state index in [4.69, 9.17) is 21.4 Å². The van der Waals surface area contributed by atoms with Gasteiger partial charge < -0.3 is 9.84 Å². The normalized spacial score (nSPS) is 17.2. The van der Waals surface area contributed by atoms with Crippen LogP contribution in [0.15, 0.2) is 18.2 Å². The smallest absolute Gasteiger partial charge is 0.137 e. The maximum atomic E-state index is 9.06. The van der Waals surface area contributed by atoms with Crippen LogP contribution >= 0.6 is 11.6 Å². The van der Waals surface area contributed by atoms with E-state index in [1.807, 2.05) is 25.1 Å². The van der Waals surface area contributed by atoms with Gasteiger partial charge in [-0.25, -0.2) is 0 Å². The first-order valence-corrected chi connectivity index (χ1v) is 6.11. The van der Waals surface area contributed by atoms with E-state index in [2.05, 4.69) is 0 Å². The molecule has 1 aromatic rings. The zero-order chi connectivity index (χ0) is 11.5. The summed E-state index contributed by atoms with van der Waals surface area (Å²) in [4.78, 5) is 0. The van der Waals surface area contributed by atoms with Crippen molar-refractivity contribution in [1.29, 1.82) is 0 Å². The Hall–Kier alpha value is -0.730. The summed E-state index contributed by atoms with van der Waals surface area (Å²) >= 11 is 6.13. The van der Waals surface area contributed by atoms with Crippen molar-refractivity contribution in [2.24, 2.45) is 5.92 Å². The van der Waals surface area contributed by atoms with Crippen molar-refractivity contribution in [1.82, 2.24) is 0 Å². The number of rotatable bonds is 5. The average molecular weight is 241 g/mol. The van der Waals surface area contributed by atoms with Crippen molar-refractivity contribution in [2.75, 3.05) is 13.2 Å². The third-order valence-electron chi connectivity index (χ3n) is 2.97. The Labute approximate surface area is 101 Å². The number of benzene rings is 1. The molecule has 0 amide bonds. The van der Waals surface area contributed by atoms with Crippen LogP contribution in [0.25, 0.3) is 0 Å². The lowest BCUT2D eigenvalue weighted by molar-refractivity contribution is 0.272. The van der Waals surface area contributed by atoms with Crippen LogP contribution in [0.4, 0.5) is 0 Å². The van der Waals surface area contributed by atoms with E-state index in [1.165, 1.54) is 12.8 Å². The Balaban J connectivity index is 2.02. The number of ether oxygens (including phenoxy) is 1. The molecule has 2 rings (SSSR count). The lowest BCUT2D eigenvalue weighted by Gasteiger charge is -2.12. The van der Waals surface area contributed by atoms with E-state index in [9.17, 15) is 0 Å². The minimum Gasteiger partial charge on any atom is -0.492 e. The Morgan fingerprint density at radius 2 is 2.25 bits per heavy atom. The molecule has 2 nitrogen and oxygen atoms in total. The minimum atomic E-state index is 0.120. The van der Waals surface area contributed by atoms with Gasteiger partial charge in [0.1, 0.15) is 5.75 Å². The van der Waals surface area contributed by atoms with E-state index >= 15 is 0 Å². The van der Waals surface area contributed by atoms with Crippen LogP contribution in [-0.4, -0.2) is 18.3 Å². The summed E-state index contributed by atoms with van der Waals surface area (Å²) in [5.41, 5.74) is 1.05. The molecule has 1 aliphatic rings. The van der Waals surface area contributed by atoms with Crippen LogP contribution in [0.1, 0.15) is 31.2 Å². The fraction of sp³-hybridized carbons (Fsp3) is 0.538. The van der Waals surface area contributed by atoms with Gasteiger partial charge in [-0.15, -0.1) is 0 Å². The van der Waals surface area contributed by atoms with Crippen LogP contribution in [0.5, 0.6) is 5.75 Å². The zero-order valence-corrected chi connectivity index (χ0v) is 10.2. The standard InChI is InChI=1S/C13H17ClO2/c1-9(7-15)11-4-5-13(12(14)6-11)16-8-10-2-3-10/h4-6,9-10,15H,2-3,7-8H2,1H3. The molecule has 1 N–H and O–H groups in total. The second-order valence-corrected chi connectivity index (χ2v) is 4.94. The molecule has 0 aliphatic heterocycles. The van der Waals surface area contributed by atoms with Crippen molar-refractivity contribution in [3.63, 3.8) is 0 Å². The summed E-state index contributed by atoms with van der Waals surface area (Å²) in [5.74, 6) is 1.60. The number of hydrogen-bond acceptors (Lipinski definition) is 2. The van der Waals surface area contributed by atoms with Crippen molar-refractivity contribution < 1.29 is 9.84 Å². The lowest BCUT2D eigenvalue weighted by atomic mass is 10.0. The Kier molecular flexibility index (Phi) is 3.72. The van der Waals surface area contributed by atoms with E-state index in [0.717, 1.165) is 23.8 Å². The molecule has 0 spiro atoms. The van der Waals surface area contributed by atoms with Gasteiger partial charge in [-0.2, -0.15) is 0 Å². The van der Waals surface area contributed by atoms with Gasteiger partial charge in [-0.05, 0) is 36.5 Å². The van der Waals surface area contributed by atoms with Gasteiger partial charge in [0, 0.05) is 12.5 Å². The molecular weight excluding hydrogens is 224 g/mol. The van der Waals surface area contributed by atoms with Crippen LogP contribution in [-0.2, 0) is 0 Å². The topological polar surface area (TPSA) is 29.5 Å². The third-order valence-corrected chi connectivity index (χ3v) is 3.27. The molecule has 1 fully saturated rings. The number of aliphatic hydroxyl groups excluding tert-OH is 1. The summed E-state index contributed by atoms with van der Waals surface area (Å²) in [6.07, 6.45) is 2.55. The minimum absolute atomic E-state index is 0.120. The molecule has 88 valence electrons. The van der Waals surface area contributed by atoms with Crippen LogP contribution in [0.3, 0.4) is 0 Å². The van der Waals surface area contributed by atoms with Gasteiger partial charge in [0.25, 0.3) is 0 Å². The largest absolute Gasteiger partial charge is 0.492 e.